The predicted molar refractivity (Wildman–Crippen MR) is 118 cm³/mol. The second-order valence-electron chi connectivity index (χ2n) is 7.90. The molecule has 4 aromatic rings. The first kappa shape index (κ1) is 19.9. The highest BCUT2D eigenvalue weighted by Crippen LogP contribution is 2.31. The van der Waals surface area contributed by atoms with Crippen LogP contribution in [0.2, 0.25) is 0 Å². The Morgan fingerprint density at radius 1 is 1.28 bits per heavy atom. The van der Waals surface area contributed by atoms with Crippen LogP contribution in [-0.2, 0) is 11.2 Å². The van der Waals surface area contributed by atoms with Gasteiger partial charge in [0, 0.05) is 23.9 Å². The molecule has 160 valence electrons. The van der Waals surface area contributed by atoms with Crippen molar-refractivity contribution in [3.8, 4) is 17.7 Å². The van der Waals surface area contributed by atoms with Crippen LogP contribution in [0.4, 0.5) is 5.69 Å². The number of aliphatic hydroxyl groups is 1. The SMILES string of the molecule is Cc1cc(C#N)nn1-c1nc(-n2cnc3ccc(NC(=O)C4CC4)cc32)ccc1CCO. The monoisotopic (exact) mass is 427 g/mol. The summed E-state index contributed by atoms with van der Waals surface area (Å²) in [5.74, 6) is 1.33. The number of pyridine rings is 1. The van der Waals surface area contributed by atoms with E-state index in [1.165, 1.54) is 0 Å². The number of benzene rings is 1. The third-order valence-corrected chi connectivity index (χ3v) is 5.53. The number of carbonyl (C=O) groups excluding carboxylic acids is 1. The Bertz CT molecular complexity index is 1380. The average Bonchev–Trinajstić information content (AvgIpc) is 3.47. The molecule has 1 amide bonds. The third-order valence-electron chi connectivity index (χ3n) is 5.53. The molecule has 1 aliphatic carbocycles. The van der Waals surface area contributed by atoms with Crippen LogP contribution in [0.15, 0.2) is 42.7 Å². The molecule has 9 nitrogen and oxygen atoms in total. The van der Waals surface area contributed by atoms with Crippen LogP contribution in [0.1, 0.15) is 29.8 Å². The summed E-state index contributed by atoms with van der Waals surface area (Å²) in [6, 6.07) is 13.1. The van der Waals surface area contributed by atoms with Crippen molar-refractivity contribution in [2.24, 2.45) is 5.92 Å². The second-order valence-corrected chi connectivity index (χ2v) is 7.90. The van der Waals surface area contributed by atoms with Crippen LogP contribution >= 0.6 is 0 Å². The Morgan fingerprint density at radius 2 is 2.12 bits per heavy atom. The summed E-state index contributed by atoms with van der Waals surface area (Å²) in [4.78, 5) is 21.4. The lowest BCUT2D eigenvalue weighted by Crippen LogP contribution is -2.13. The summed E-state index contributed by atoms with van der Waals surface area (Å²) in [5, 5.41) is 26.0. The first-order chi connectivity index (χ1) is 15.6. The molecule has 5 rings (SSSR count). The highest BCUT2D eigenvalue weighted by atomic mass is 16.3. The van der Waals surface area contributed by atoms with Gasteiger partial charge < -0.3 is 10.4 Å². The van der Waals surface area contributed by atoms with Crippen LogP contribution in [-0.4, -0.2) is 41.9 Å². The van der Waals surface area contributed by atoms with Crippen molar-refractivity contribution in [1.82, 2.24) is 24.3 Å². The van der Waals surface area contributed by atoms with Crippen molar-refractivity contribution in [2.45, 2.75) is 26.2 Å². The van der Waals surface area contributed by atoms with Gasteiger partial charge in [-0.25, -0.2) is 14.6 Å². The van der Waals surface area contributed by atoms with E-state index in [2.05, 4.69) is 21.5 Å². The lowest BCUT2D eigenvalue weighted by molar-refractivity contribution is -0.117. The standard InChI is InChI=1S/C23H21N7O2/c1-14-10-18(12-24)28-30(14)22-15(8-9-31)4-7-21(27-22)29-13-25-19-6-5-17(11-20(19)29)26-23(32)16-2-3-16/h4-7,10-11,13,16,31H,2-3,8-9H2,1H3,(H,26,32). The number of anilines is 1. The minimum Gasteiger partial charge on any atom is -0.396 e. The van der Waals surface area contributed by atoms with Crippen LogP contribution in [0.3, 0.4) is 0 Å². The predicted octanol–water partition coefficient (Wildman–Crippen LogP) is 2.67. The van der Waals surface area contributed by atoms with Gasteiger partial charge in [0.2, 0.25) is 5.91 Å². The smallest absolute Gasteiger partial charge is 0.227 e. The minimum atomic E-state index is -0.0302. The number of rotatable bonds is 6. The zero-order valence-electron chi connectivity index (χ0n) is 17.5. The van der Waals surface area contributed by atoms with Gasteiger partial charge >= 0.3 is 0 Å². The minimum absolute atomic E-state index is 0.0302. The molecular formula is C23H21N7O2. The fourth-order valence-corrected chi connectivity index (χ4v) is 3.70. The Labute approximate surface area is 184 Å². The molecule has 3 heterocycles. The Morgan fingerprint density at radius 3 is 2.84 bits per heavy atom. The fraction of sp³-hybridized carbons (Fsp3) is 0.261. The highest BCUT2D eigenvalue weighted by Gasteiger charge is 2.29. The number of nitrogens with zero attached hydrogens (tertiary/aromatic N) is 6. The normalized spacial score (nSPS) is 13.3. The number of hydrogen-bond donors (Lipinski definition) is 2. The van der Waals surface area contributed by atoms with E-state index in [4.69, 9.17) is 4.98 Å². The van der Waals surface area contributed by atoms with Gasteiger partial charge in [0.05, 0.1) is 11.0 Å². The highest BCUT2D eigenvalue weighted by molar-refractivity contribution is 5.95. The molecule has 1 saturated carbocycles. The number of nitrogens with one attached hydrogen (secondary N) is 1. The molecule has 0 atom stereocenters. The van der Waals surface area contributed by atoms with Crippen LogP contribution in [0.25, 0.3) is 22.7 Å². The zero-order valence-corrected chi connectivity index (χ0v) is 17.5. The molecule has 0 saturated heterocycles. The van der Waals surface area contributed by atoms with E-state index in [9.17, 15) is 15.2 Å². The van der Waals surface area contributed by atoms with Crippen molar-refractivity contribution in [1.29, 1.82) is 5.26 Å². The van der Waals surface area contributed by atoms with Gasteiger partial charge in [-0.05, 0) is 62.1 Å². The van der Waals surface area contributed by atoms with Crippen molar-refractivity contribution in [3.63, 3.8) is 0 Å². The number of aliphatic hydroxyl groups excluding tert-OH is 1. The molecule has 1 aromatic carbocycles. The summed E-state index contributed by atoms with van der Waals surface area (Å²) in [6.07, 6.45) is 3.98. The van der Waals surface area contributed by atoms with E-state index >= 15 is 0 Å². The molecule has 1 fully saturated rings. The molecule has 0 unspecified atom stereocenters. The van der Waals surface area contributed by atoms with Gasteiger partial charge in [-0.2, -0.15) is 10.4 Å². The lowest BCUT2D eigenvalue weighted by Gasteiger charge is -2.13. The number of amides is 1. The van der Waals surface area contributed by atoms with Crippen molar-refractivity contribution < 1.29 is 9.90 Å². The van der Waals surface area contributed by atoms with E-state index in [1.54, 1.807) is 17.1 Å². The molecule has 2 N–H and O–H groups in total. The topological polar surface area (TPSA) is 122 Å². The molecule has 32 heavy (non-hydrogen) atoms. The molecule has 0 spiro atoms. The van der Waals surface area contributed by atoms with E-state index in [0.717, 1.165) is 40.8 Å². The summed E-state index contributed by atoms with van der Waals surface area (Å²) < 4.78 is 3.46. The number of aromatic nitrogens is 5. The lowest BCUT2D eigenvalue weighted by atomic mass is 10.2. The number of aryl methyl sites for hydroxylation is 1. The van der Waals surface area contributed by atoms with Crippen LogP contribution < -0.4 is 5.32 Å². The number of fused-ring (bicyclic) bond motifs is 1. The molecule has 0 radical (unpaired) electrons. The molecule has 0 aliphatic heterocycles. The number of imidazole rings is 1. The van der Waals surface area contributed by atoms with Crippen LogP contribution in [0, 0.1) is 24.2 Å². The summed E-state index contributed by atoms with van der Waals surface area (Å²) >= 11 is 0. The molecule has 3 aromatic heterocycles. The quantitative estimate of drug-likeness (QED) is 0.488. The van der Waals surface area contributed by atoms with Crippen molar-refractivity contribution >= 4 is 22.6 Å². The van der Waals surface area contributed by atoms with Gasteiger partial charge in [0.1, 0.15) is 18.2 Å². The largest absolute Gasteiger partial charge is 0.396 e. The van der Waals surface area contributed by atoms with Gasteiger partial charge in [0.25, 0.3) is 0 Å². The third kappa shape index (κ3) is 3.61. The maximum Gasteiger partial charge on any atom is 0.227 e. The maximum absolute atomic E-state index is 12.2. The molecule has 1 aliphatic rings. The van der Waals surface area contributed by atoms with Gasteiger partial charge in [0.15, 0.2) is 11.5 Å². The number of hydrogen-bond acceptors (Lipinski definition) is 6. The first-order valence-electron chi connectivity index (χ1n) is 10.4. The summed E-state index contributed by atoms with van der Waals surface area (Å²) in [7, 11) is 0. The van der Waals surface area contributed by atoms with Gasteiger partial charge in [-0.15, -0.1) is 0 Å². The molecule has 0 bridgehead atoms. The van der Waals surface area contributed by atoms with E-state index in [0.29, 0.717) is 23.8 Å². The van der Waals surface area contributed by atoms with E-state index < -0.39 is 0 Å². The van der Waals surface area contributed by atoms with E-state index in [1.807, 2.05) is 41.8 Å². The van der Waals surface area contributed by atoms with Gasteiger partial charge in [-0.3, -0.25) is 9.36 Å². The Hall–Kier alpha value is -4.03. The van der Waals surface area contributed by atoms with Crippen molar-refractivity contribution in [2.75, 3.05) is 11.9 Å². The van der Waals surface area contributed by atoms with Crippen molar-refractivity contribution in [3.05, 3.63) is 59.7 Å². The maximum atomic E-state index is 12.2. The van der Waals surface area contributed by atoms with Gasteiger partial charge in [-0.1, -0.05) is 6.07 Å². The fourth-order valence-electron chi connectivity index (χ4n) is 3.70. The Balaban J connectivity index is 1.59. The summed E-state index contributed by atoms with van der Waals surface area (Å²) in [6.45, 7) is 1.82. The first-order valence-corrected chi connectivity index (χ1v) is 10.4. The van der Waals surface area contributed by atoms with Crippen LogP contribution in [0.5, 0.6) is 0 Å². The van der Waals surface area contributed by atoms with E-state index in [-0.39, 0.29) is 18.4 Å². The molecular weight excluding hydrogens is 406 g/mol. The number of carbonyl (C=O) groups is 1. The summed E-state index contributed by atoms with van der Waals surface area (Å²) in [5.41, 5.74) is 4.18. The number of nitriles is 1. The Kier molecular flexibility index (Phi) is 4.92. The average molecular weight is 427 g/mol. The zero-order chi connectivity index (χ0) is 22.2. The molecule has 9 heteroatoms. The second kappa shape index (κ2) is 7.90.